The molecule has 0 unspecified atom stereocenters. The van der Waals surface area contributed by atoms with Crippen LogP contribution in [0.1, 0.15) is 16.2 Å². The van der Waals surface area contributed by atoms with Crippen LogP contribution < -0.4 is 15.8 Å². The standard InChI is InChI=1S/C12H13ClN4O2/c1-6-10(14)11(17-16-6)12(18)15-7-3-4-8(13)9(5-7)19-2/h3-5H,14H2,1-2H3,(H,15,18)(H,16,17). The Kier molecular flexibility index (Phi) is 3.62. The van der Waals surface area contributed by atoms with Crippen LogP contribution in [-0.2, 0) is 0 Å². The van der Waals surface area contributed by atoms with Crippen LogP contribution in [0, 0.1) is 6.92 Å². The summed E-state index contributed by atoms with van der Waals surface area (Å²) < 4.78 is 5.07. The molecule has 0 radical (unpaired) electrons. The number of aromatic amines is 1. The van der Waals surface area contributed by atoms with E-state index in [1.54, 1.807) is 25.1 Å². The molecular formula is C12H13ClN4O2. The number of carbonyl (C=O) groups excluding carboxylic acids is 1. The average Bonchev–Trinajstić information content (AvgIpc) is 2.72. The summed E-state index contributed by atoms with van der Waals surface area (Å²) in [5, 5.41) is 9.65. The minimum absolute atomic E-state index is 0.159. The van der Waals surface area contributed by atoms with E-state index < -0.39 is 5.91 Å². The first kappa shape index (κ1) is 13.2. The van der Waals surface area contributed by atoms with Crippen molar-refractivity contribution in [3.05, 3.63) is 34.6 Å². The first-order valence-electron chi connectivity index (χ1n) is 5.48. The maximum Gasteiger partial charge on any atom is 0.278 e. The van der Waals surface area contributed by atoms with Gasteiger partial charge in [-0.05, 0) is 19.1 Å². The van der Waals surface area contributed by atoms with Crippen molar-refractivity contribution in [2.45, 2.75) is 6.92 Å². The molecule has 0 saturated carbocycles. The molecule has 19 heavy (non-hydrogen) atoms. The van der Waals surface area contributed by atoms with E-state index in [4.69, 9.17) is 22.1 Å². The van der Waals surface area contributed by atoms with Crippen molar-refractivity contribution in [3.63, 3.8) is 0 Å². The van der Waals surface area contributed by atoms with E-state index >= 15 is 0 Å². The number of nitrogens with zero attached hydrogens (tertiary/aromatic N) is 1. The second kappa shape index (κ2) is 5.19. The summed E-state index contributed by atoms with van der Waals surface area (Å²) >= 11 is 5.90. The van der Waals surface area contributed by atoms with Crippen molar-refractivity contribution in [2.75, 3.05) is 18.2 Å². The monoisotopic (exact) mass is 280 g/mol. The lowest BCUT2D eigenvalue weighted by Gasteiger charge is -2.07. The highest BCUT2D eigenvalue weighted by Gasteiger charge is 2.15. The fourth-order valence-electron chi connectivity index (χ4n) is 1.54. The van der Waals surface area contributed by atoms with Gasteiger partial charge in [-0.2, -0.15) is 5.10 Å². The zero-order chi connectivity index (χ0) is 14.0. The molecule has 7 heteroatoms. The molecule has 4 N–H and O–H groups in total. The highest BCUT2D eigenvalue weighted by atomic mass is 35.5. The molecule has 100 valence electrons. The van der Waals surface area contributed by atoms with Gasteiger partial charge in [-0.1, -0.05) is 11.6 Å². The van der Waals surface area contributed by atoms with Gasteiger partial charge in [-0.3, -0.25) is 9.89 Å². The number of rotatable bonds is 3. The molecule has 1 aromatic carbocycles. The summed E-state index contributed by atoms with van der Waals surface area (Å²) in [7, 11) is 1.50. The van der Waals surface area contributed by atoms with Crippen LogP contribution in [0.3, 0.4) is 0 Å². The lowest BCUT2D eigenvalue weighted by atomic mass is 10.2. The number of anilines is 2. The van der Waals surface area contributed by atoms with E-state index in [9.17, 15) is 4.79 Å². The van der Waals surface area contributed by atoms with Crippen LogP contribution in [0.4, 0.5) is 11.4 Å². The number of halogens is 1. The number of nitrogens with two attached hydrogens (primary N) is 1. The van der Waals surface area contributed by atoms with Crippen molar-refractivity contribution < 1.29 is 9.53 Å². The predicted molar refractivity (Wildman–Crippen MR) is 73.7 cm³/mol. The Labute approximate surface area is 114 Å². The molecule has 0 aliphatic heterocycles. The summed E-state index contributed by atoms with van der Waals surface area (Å²) in [5.74, 6) is 0.0804. The maximum atomic E-state index is 12.0. The number of hydrogen-bond donors (Lipinski definition) is 3. The summed E-state index contributed by atoms with van der Waals surface area (Å²) in [6.45, 7) is 1.74. The molecule has 0 fully saturated rings. The number of hydrogen-bond acceptors (Lipinski definition) is 4. The molecule has 0 saturated heterocycles. The Morgan fingerprint density at radius 3 is 2.84 bits per heavy atom. The first-order chi connectivity index (χ1) is 9.02. The van der Waals surface area contributed by atoms with Crippen molar-refractivity contribution >= 4 is 28.9 Å². The molecule has 0 aliphatic rings. The van der Waals surface area contributed by atoms with Crippen LogP contribution >= 0.6 is 11.6 Å². The van der Waals surface area contributed by atoms with E-state index in [-0.39, 0.29) is 5.69 Å². The molecule has 2 rings (SSSR count). The highest BCUT2D eigenvalue weighted by Crippen LogP contribution is 2.27. The van der Waals surface area contributed by atoms with Crippen molar-refractivity contribution in [1.82, 2.24) is 10.2 Å². The highest BCUT2D eigenvalue weighted by molar-refractivity contribution is 6.32. The van der Waals surface area contributed by atoms with Crippen LogP contribution in [-0.4, -0.2) is 23.2 Å². The van der Waals surface area contributed by atoms with Crippen molar-refractivity contribution in [2.24, 2.45) is 0 Å². The summed E-state index contributed by atoms with van der Waals surface area (Å²) in [6.07, 6.45) is 0. The molecule has 1 aromatic heterocycles. The Morgan fingerprint density at radius 1 is 1.53 bits per heavy atom. The fraction of sp³-hybridized carbons (Fsp3) is 0.167. The largest absolute Gasteiger partial charge is 0.495 e. The number of methoxy groups -OCH3 is 1. The maximum absolute atomic E-state index is 12.0. The number of H-pyrrole nitrogens is 1. The molecule has 6 nitrogen and oxygen atoms in total. The second-order valence-electron chi connectivity index (χ2n) is 3.91. The number of ether oxygens (including phenoxy) is 1. The normalized spacial score (nSPS) is 10.3. The van der Waals surface area contributed by atoms with Gasteiger partial charge in [0.1, 0.15) is 5.75 Å². The Morgan fingerprint density at radius 2 is 2.26 bits per heavy atom. The molecule has 2 aromatic rings. The minimum Gasteiger partial charge on any atom is -0.495 e. The molecule has 0 spiro atoms. The Bertz CT molecular complexity index is 624. The summed E-state index contributed by atoms with van der Waals surface area (Å²) in [6, 6.07) is 4.92. The van der Waals surface area contributed by atoms with Gasteiger partial charge >= 0.3 is 0 Å². The smallest absolute Gasteiger partial charge is 0.278 e. The number of carbonyl (C=O) groups is 1. The minimum atomic E-state index is -0.397. The quantitative estimate of drug-likeness (QED) is 0.803. The van der Waals surface area contributed by atoms with Crippen molar-refractivity contribution in [3.8, 4) is 5.75 Å². The van der Waals surface area contributed by atoms with Gasteiger partial charge in [-0.25, -0.2) is 0 Å². The summed E-state index contributed by atoms with van der Waals surface area (Å²) in [5.41, 5.74) is 7.43. The topological polar surface area (TPSA) is 93.0 Å². The number of nitrogens with one attached hydrogen (secondary N) is 2. The molecule has 0 aliphatic carbocycles. The van der Waals surface area contributed by atoms with Gasteiger partial charge in [0, 0.05) is 11.8 Å². The van der Waals surface area contributed by atoms with Crippen LogP contribution in [0.5, 0.6) is 5.75 Å². The first-order valence-corrected chi connectivity index (χ1v) is 5.86. The van der Waals surface area contributed by atoms with Crippen LogP contribution in [0.15, 0.2) is 18.2 Å². The zero-order valence-corrected chi connectivity index (χ0v) is 11.2. The predicted octanol–water partition coefficient (Wildman–Crippen LogP) is 2.21. The SMILES string of the molecule is COc1cc(NC(=O)c2n[nH]c(C)c2N)ccc1Cl. The van der Waals surface area contributed by atoms with Crippen molar-refractivity contribution in [1.29, 1.82) is 0 Å². The molecule has 0 atom stereocenters. The summed E-state index contributed by atoms with van der Waals surface area (Å²) in [4.78, 5) is 12.0. The number of aryl methyl sites for hydroxylation is 1. The lowest BCUT2D eigenvalue weighted by Crippen LogP contribution is -2.14. The number of nitrogen functional groups attached to an aromatic ring is 1. The van der Waals surface area contributed by atoms with Gasteiger partial charge in [0.25, 0.3) is 5.91 Å². The van der Waals surface area contributed by atoms with Gasteiger partial charge in [0.2, 0.25) is 0 Å². The third-order valence-electron chi connectivity index (χ3n) is 2.62. The van der Waals surface area contributed by atoms with Crippen LogP contribution in [0.25, 0.3) is 0 Å². The molecular weight excluding hydrogens is 268 g/mol. The van der Waals surface area contributed by atoms with Gasteiger partial charge < -0.3 is 15.8 Å². The van der Waals surface area contributed by atoms with E-state index in [0.717, 1.165) is 0 Å². The second-order valence-corrected chi connectivity index (χ2v) is 4.32. The number of aromatic nitrogens is 2. The van der Waals surface area contributed by atoms with Gasteiger partial charge in [0.05, 0.1) is 23.5 Å². The molecule has 0 bridgehead atoms. The Balaban J connectivity index is 2.22. The van der Waals surface area contributed by atoms with Crippen LogP contribution in [0.2, 0.25) is 5.02 Å². The third-order valence-corrected chi connectivity index (χ3v) is 2.93. The zero-order valence-electron chi connectivity index (χ0n) is 10.5. The number of amides is 1. The molecule has 1 amide bonds. The van der Waals surface area contributed by atoms with Gasteiger partial charge in [-0.15, -0.1) is 0 Å². The van der Waals surface area contributed by atoms with Gasteiger partial charge in [0.15, 0.2) is 5.69 Å². The average molecular weight is 281 g/mol. The third kappa shape index (κ3) is 2.63. The Hall–Kier alpha value is -2.21. The van der Waals surface area contributed by atoms with E-state index in [2.05, 4.69) is 15.5 Å². The van der Waals surface area contributed by atoms with E-state index in [0.29, 0.717) is 27.8 Å². The fourth-order valence-corrected chi connectivity index (χ4v) is 1.73. The number of benzene rings is 1. The lowest BCUT2D eigenvalue weighted by molar-refractivity contribution is 0.102. The van der Waals surface area contributed by atoms with E-state index in [1.807, 2.05) is 0 Å². The van der Waals surface area contributed by atoms with E-state index in [1.165, 1.54) is 7.11 Å². The molecule has 1 heterocycles.